The molecule has 1 aliphatic heterocycles. The molecule has 0 radical (unpaired) electrons. The van der Waals surface area contributed by atoms with Crippen LogP contribution in [0, 0.1) is 0 Å². The van der Waals surface area contributed by atoms with E-state index in [1.165, 1.54) is 17.0 Å². The van der Waals surface area contributed by atoms with Crippen LogP contribution in [0.25, 0.3) is 0 Å². The minimum Gasteiger partial charge on any atom is -0.369 e. The van der Waals surface area contributed by atoms with E-state index in [0.717, 1.165) is 31.4 Å². The van der Waals surface area contributed by atoms with Crippen LogP contribution >= 0.6 is 11.8 Å². The van der Waals surface area contributed by atoms with Gasteiger partial charge in [0.25, 0.3) is 0 Å². The van der Waals surface area contributed by atoms with Gasteiger partial charge < -0.3 is 10.2 Å². The van der Waals surface area contributed by atoms with Gasteiger partial charge in [-0.2, -0.15) is 11.8 Å². The Morgan fingerprint density at radius 2 is 2.18 bits per heavy atom. The van der Waals surface area contributed by atoms with E-state index in [1.807, 2.05) is 11.8 Å². The summed E-state index contributed by atoms with van der Waals surface area (Å²) in [7, 11) is 0. The van der Waals surface area contributed by atoms with Crippen LogP contribution in [0.5, 0.6) is 0 Å². The molecule has 1 N–H and O–H groups in total. The number of rotatable bonds is 4. The molecule has 1 heterocycles. The summed E-state index contributed by atoms with van der Waals surface area (Å²) < 4.78 is 0. The van der Waals surface area contributed by atoms with Gasteiger partial charge in [0.1, 0.15) is 0 Å². The van der Waals surface area contributed by atoms with Crippen molar-refractivity contribution in [2.75, 3.05) is 30.3 Å². The predicted octanol–water partition coefficient (Wildman–Crippen LogP) is 2.74. The van der Waals surface area contributed by atoms with E-state index in [2.05, 4.69) is 48.3 Å². The van der Waals surface area contributed by atoms with Crippen molar-refractivity contribution in [2.24, 2.45) is 0 Å². The fraction of sp³-hybridized carbons (Fsp3) is 0.571. The molecule has 17 heavy (non-hydrogen) atoms. The lowest BCUT2D eigenvalue weighted by atomic mass is 10.1. The summed E-state index contributed by atoms with van der Waals surface area (Å²) in [5, 5.41) is 4.22. The Morgan fingerprint density at radius 1 is 1.35 bits per heavy atom. The molecule has 1 aliphatic rings. The monoisotopic (exact) mass is 250 g/mol. The molecule has 0 aliphatic carbocycles. The van der Waals surface area contributed by atoms with Crippen LogP contribution in [0.15, 0.2) is 24.3 Å². The van der Waals surface area contributed by atoms with Crippen molar-refractivity contribution in [3.8, 4) is 0 Å². The number of benzene rings is 1. The highest BCUT2D eigenvalue weighted by Crippen LogP contribution is 2.22. The van der Waals surface area contributed by atoms with Crippen molar-refractivity contribution < 1.29 is 0 Å². The second-order valence-corrected chi connectivity index (χ2v) is 6.40. The average molecular weight is 250 g/mol. The van der Waals surface area contributed by atoms with E-state index >= 15 is 0 Å². The molecule has 0 saturated heterocycles. The Hall–Kier alpha value is -0.670. The molecule has 0 amide bonds. The van der Waals surface area contributed by atoms with E-state index < -0.39 is 0 Å². The molecular formula is C14H22N2S. The van der Waals surface area contributed by atoms with Crippen molar-refractivity contribution in [3.05, 3.63) is 29.8 Å². The molecule has 0 aromatic heterocycles. The smallest absolute Gasteiger partial charge is 0.0412 e. The second kappa shape index (κ2) is 6.31. The first-order valence-electron chi connectivity index (χ1n) is 6.42. The van der Waals surface area contributed by atoms with Crippen LogP contribution in [-0.2, 0) is 6.54 Å². The lowest BCUT2D eigenvalue weighted by Gasteiger charge is -2.24. The fourth-order valence-electron chi connectivity index (χ4n) is 2.16. The molecule has 1 aromatic carbocycles. The number of anilines is 1. The molecule has 0 saturated carbocycles. The minimum atomic E-state index is 0.732. The van der Waals surface area contributed by atoms with Crippen LogP contribution in [0.3, 0.4) is 0 Å². The summed E-state index contributed by atoms with van der Waals surface area (Å²) >= 11 is 2.04. The van der Waals surface area contributed by atoms with Gasteiger partial charge in [0.15, 0.2) is 0 Å². The highest BCUT2D eigenvalue weighted by atomic mass is 32.2. The van der Waals surface area contributed by atoms with Gasteiger partial charge in [-0.25, -0.2) is 0 Å². The molecule has 1 aromatic rings. The number of hydrogen-bond donors (Lipinski definition) is 1. The number of thioether (sulfide) groups is 1. The van der Waals surface area contributed by atoms with Gasteiger partial charge >= 0.3 is 0 Å². The third-order valence-corrected chi connectivity index (χ3v) is 4.10. The minimum absolute atomic E-state index is 0.732. The Labute approximate surface area is 109 Å². The number of para-hydroxylation sites is 1. The zero-order valence-corrected chi connectivity index (χ0v) is 11.6. The maximum atomic E-state index is 3.48. The molecule has 2 rings (SSSR count). The largest absolute Gasteiger partial charge is 0.369 e. The predicted molar refractivity (Wildman–Crippen MR) is 78.0 cm³/mol. The SMILES string of the molecule is CC(C)SCCN1CCNCc2ccccc21. The summed E-state index contributed by atoms with van der Waals surface area (Å²) in [4.78, 5) is 2.52. The van der Waals surface area contributed by atoms with Crippen LogP contribution in [0.1, 0.15) is 19.4 Å². The maximum absolute atomic E-state index is 3.48. The fourth-order valence-corrected chi connectivity index (χ4v) is 2.95. The van der Waals surface area contributed by atoms with Gasteiger partial charge in [0.05, 0.1) is 0 Å². The molecule has 2 nitrogen and oxygen atoms in total. The van der Waals surface area contributed by atoms with E-state index in [1.54, 1.807) is 0 Å². The Kier molecular flexibility index (Phi) is 4.75. The number of fused-ring (bicyclic) bond motifs is 1. The molecule has 0 bridgehead atoms. The summed E-state index contributed by atoms with van der Waals surface area (Å²) in [6.45, 7) is 8.90. The lowest BCUT2D eigenvalue weighted by molar-refractivity contribution is 0.696. The molecule has 94 valence electrons. The van der Waals surface area contributed by atoms with Gasteiger partial charge in [-0.3, -0.25) is 0 Å². The summed E-state index contributed by atoms with van der Waals surface area (Å²) in [6, 6.07) is 8.76. The zero-order valence-electron chi connectivity index (χ0n) is 10.8. The summed E-state index contributed by atoms with van der Waals surface area (Å²) in [6.07, 6.45) is 0. The highest BCUT2D eigenvalue weighted by molar-refractivity contribution is 7.99. The average Bonchev–Trinajstić information content (AvgIpc) is 2.52. The van der Waals surface area contributed by atoms with Crippen molar-refractivity contribution in [1.82, 2.24) is 5.32 Å². The van der Waals surface area contributed by atoms with Gasteiger partial charge in [0, 0.05) is 37.6 Å². The quantitative estimate of drug-likeness (QED) is 0.884. The molecule has 0 atom stereocenters. The first kappa shape index (κ1) is 12.8. The van der Waals surface area contributed by atoms with Gasteiger partial charge in [-0.05, 0) is 16.9 Å². The molecule has 0 fully saturated rings. The van der Waals surface area contributed by atoms with Crippen molar-refractivity contribution in [2.45, 2.75) is 25.6 Å². The number of hydrogen-bond acceptors (Lipinski definition) is 3. The van der Waals surface area contributed by atoms with Crippen LogP contribution in [0.4, 0.5) is 5.69 Å². The van der Waals surface area contributed by atoms with Gasteiger partial charge in [-0.15, -0.1) is 0 Å². The Bertz CT molecular complexity index is 352. The molecule has 0 unspecified atom stereocenters. The molecule has 0 spiro atoms. The topological polar surface area (TPSA) is 15.3 Å². The normalized spacial score (nSPS) is 15.8. The van der Waals surface area contributed by atoms with E-state index in [4.69, 9.17) is 0 Å². The van der Waals surface area contributed by atoms with E-state index in [9.17, 15) is 0 Å². The Balaban J connectivity index is 2.01. The summed E-state index contributed by atoms with van der Waals surface area (Å²) in [5.41, 5.74) is 2.85. The van der Waals surface area contributed by atoms with Gasteiger partial charge in [0.2, 0.25) is 0 Å². The van der Waals surface area contributed by atoms with Crippen molar-refractivity contribution in [1.29, 1.82) is 0 Å². The third kappa shape index (κ3) is 3.65. The molecule has 3 heteroatoms. The van der Waals surface area contributed by atoms with E-state index in [0.29, 0.717) is 0 Å². The first-order chi connectivity index (χ1) is 8.27. The number of nitrogens with zero attached hydrogens (tertiary/aromatic N) is 1. The van der Waals surface area contributed by atoms with Crippen LogP contribution in [-0.4, -0.2) is 30.6 Å². The Morgan fingerprint density at radius 3 is 3.00 bits per heavy atom. The standard InChI is InChI=1S/C14H22N2S/c1-12(2)17-10-9-16-8-7-15-11-13-5-3-4-6-14(13)16/h3-6,12,15H,7-11H2,1-2H3. The van der Waals surface area contributed by atoms with Crippen LogP contribution in [0.2, 0.25) is 0 Å². The highest BCUT2D eigenvalue weighted by Gasteiger charge is 2.13. The zero-order chi connectivity index (χ0) is 12.1. The molecular weight excluding hydrogens is 228 g/mol. The van der Waals surface area contributed by atoms with Crippen molar-refractivity contribution >= 4 is 17.4 Å². The lowest BCUT2D eigenvalue weighted by Crippen LogP contribution is -2.30. The van der Waals surface area contributed by atoms with Crippen molar-refractivity contribution in [3.63, 3.8) is 0 Å². The van der Waals surface area contributed by atoms with Crippen LogP contribution < -0.4 is 10.2 Å². The van der Waals surface area contributed by atoms with Gasteiger partial charge in [-0.1, -0.05) is 32.0 Å². The summed E-state index contributed by atoms with van der Waals surface area (Å²) in [5.74, 6) is 1.21. The maximum Gasteiger partial charge on any atom is 0.0412 e. The second-order valence-electron chi connectivity index (χ2n) is 4.71. The third-order valence-electron chi connectivity index (χ3n) is 3.02. The first-order valence-corrected chi connectivity index (χ1v) is 7.47. The van der Waals surface area contributed by atoms with E-state index in [-0.39, 0.29) is 0 Å². The number of nitrogens with one attached hydrogen (secondary N) is 1.